The number of hydrogen-bond acceptors (Lipinski definition) is 7. The van der Waals surface area contributed by atoms with Gasteiger partial charge in [-0.05, 0) is 19.1 Å². The molecule has 0 N–H and O–H groups in total. The second kappa shape index (κ2) is 7.69. The summed E-state index contributed by atoms with van der Waals surface area (Å²) in [6.45, 7) is 4.60. The molecule has 8 nitrogen and oxygen atoms in total. The third kappa shape index (κ3) is 3.70. The third-order valence-electron chi connectivity index (χ3n) is 4.89. The van der Waals surface area contributed by atoms with Gasteiger partial charge < -0.3 is 9.64 Å². The first-order valence-electron chi connectivity index (χ1n) is 9.06. The molecule has 0 radical (unpaired) electrons. The first kappa shape index (κ1) is 18.0. The number of hydrogen-bond donors (Lipinski definition) is 0. The monoisotopic (exact) mass is 387 g/mol. The van der Waals surface area contributed by atoms with E-state index in [1.165, 1.54) is 11.3 Å². The predicted molar refractivity (Wildman–Crippen MR) is 99.3 cm³/mol. The van der Waals surface area contributed by atoms with E-state index in [1.54, 1.807) is 11.1 Å². The SMILES string of the molecule is CCOCc1nnc(N2CC(C(=O)N3CC(c4ccccn4)C3)CC2=O)s1. The molecule has 1 atom stereocenters. The van der Waals surface area contributed by atoms with Gasteiger partial charge in [-0.25, -0.2) is 0 Å². The third-order valence-corrected chi connectivity index (χ3v) is 5.81. The maximum atomic E-state index is 12.7. The minimum atomic E-state index is -0.318. The predicted octanol–water partition coefficient (Wildman–Crippen LogP) is 1.45. The lowest BCUT2D eigenvalue weighted by Gasteiger charge is -2.40. The van der Waals surface area contributed by atoms with Crippen LogP contribution in [0.15, 0.2) is 24.4 Å². The van der Waals surface area contributed by atoms with Crippen molar-refractivity contribution >= 4 is 28.3 Å². The van der Waals surface area contributed by atoms with Crippen LogP contribution in [-0.2, 0) is 20.9 Å². The lowest BCUT2D eigenvalue weighted by molar-refractivity contribution is -0.140. The fourth-order valence-corrected chi connectivity index (χ4v) is 4.18. The minimum absolute atomic E-state index is 0.0390. The molecule has 2 saturated heterocycles. The summed E-state index contributed by atoms with van der Waals surface area (Å²) in [5.41, 5.74) is 1.02. The largest absolute Gasteiger partial charge is 0.374 e. The van der Waals surface area contributed by atoms with E-state index in [-0.39, 0.29) is 30.1 Å². The molecule has 4 rings (SSSR count). The number of nitrogens with zero attached hydrogens (tertiary/aromatic N) is 5. The van der Waals surface area contributed by atoms with Crippen LogP contribution >= 0.6 is 11.3 Å². The summed E-state index contributed by atoms with van der Waals surface area (Å²) in [5.74, 6) is -0.0691. The molecule has 2 aliphatic rings. The standard InChI is InChI=1S/C18H21N5O3S/c1-2-26-11-15-20-21-18(27-15)23-10-12(7-16(23)24)17(25)22-8-13(9-22)14-5-3-4-6-19-14/h3-6,12-13H,2,7-11H2,1H3. The van der Waals surface area contributed by atoms with Crippen molar-refractivity contribution in [2.75, 3.05) is 31.1 Å². The van der Waals surface area contributed by atoms with E-state index in [4.69, 9.17) is 4.74 Å². The Kier molecular flexibility index (Phi) is 5.13. The van der Waals surface area contributed by atoms with E-state index in [0.717, 1.165) is 10.7 Å². The highest BCUT2D eigenvalue weighted by Gasteiger charge is 2.42. The molecule has 2 fully saturated rings. The number of rotatable bonds is 6. The second-order valence-corrected chi connectivity index (χ2v) is 7.76. The van der Waals surface area contributed by atoms with Gasteiger partial charge in [0.25, 0.3) is 0 Å². The number of anilines is 1. The van der Waals surface area contributed by atoms with Gasteiger partial charge in [0.1, 0.15) is 11.6 Å². The Morgan fingerprint density at radius 1 is 1.30 bits per heavy atom. The van der Waals surface area contributed by atoms with E-state index in [9.17, 15) is 9.59 Å². The van der Waals surface area contributed by atoms with Gasteiger partial charge in [-0.1, -0.05) is 17.4 Å². The van der Waals surface area contributed by atoms with Crippen LogP contribution in [-0.4, -0.2) is 58.1 Å². The van der Waals surface area contributed by atoms with Crippen LogP contribution in [0, 0.1) is 5.92 Å². The van der Waals surface area contributed by atoms with Crippen molar-refractivity contribution in [3.05, 3.63) is 35.1 Å². The maximum absolute atomic E-state index is 12.7. The fraction of sp³-hybridized carbons (Fsp3) is 0.500. The number of amides is 2. The zero-order chi connectivity index (χ0) is 18.8. The van der Waals surface area contributed by atoms with Crippen molar-refractivity contribution in [3.63, 3.8) is 0 Å². The summed E-state index contributed by atoms with van der Waals surface area (Å²) >= 11 is 1.34. The average Bonchev–Trinajstić information content (AvgIpc) is 3.26. The molecule has 2 aliphatic heterocycles. The molecular weight excluding hydrogens is 366 g/mol. The first-order valence-corrected chi connectivity index (χ1v) is 9.87. The average molecular weight is 387 g/mol. The van der Waals surface area contributed by atoms with Gasteiger partial charge in [0.05, 0.1) is 5.92 Å². The summed E-state index contributed by atoms with van der Waals surface area (Å²) in [5, 5.41) is 9.42. The Morgan fingerprint density at radius 2 is 2.15 bits per heavy atom. The Bertz CT molecular complexity index is 821. The maximum Gasteiger partial charge on any atom is 0.229 e. The summed E-state index contributed by atoms with van der Waals surface area (Å²) in [4.78, 5) is 32.9. The summed E-state index contributed by atoms with van der Waals surface area (Å²) in [6.07, 6.45) is 2.00. The van der Waals surface area contributed by atoms with Crippen molar-refractivity contribution in [3.8, 4) is 0 Å². The quantitative estimate of drug-likeness (QED) is 0.745. The van der Waals surface area contributed by atoms with Crippen molar-refractivity contribution in [1.82, 2.24) is 20.1 Å². The number of aromatic nitrogens is 3. The van der Waals surface area contributed by atoms with Crippen molar-refractivity contribution < 1.29 is 14.3 Å². The number of likely N-dealkylation sites (tertiary alicyclic amines) is 1. The Labute approximate surface area is 161 Å². The molecular formula is C18H21N5O3S. The van der Waals surface area contributed by atoms with Crippen LogP contribution in [0.4, 0.5) is 5.13 Å². The van der Waals surface area contributed by atoms with Crippen LogP contribution in [0.2, 0.25) is 0 Å². The fourth-order valence-electron chi connectivity index (χ4n) is 3.38. The molecule has 9 heteroatoms. The lowest BCUT2D eigenvalue weighted by Crippen LogP contribution is -2.51. The summed E-state index contributed by atoms with van der Waals surface area (Å²) < 4.78 is 5.32. The van der Waals surface area contributed by atoms with Crippen molar-refractivity contribution in [1.29, 1.82) is 0 Å². The second-order valence-electron chi connectivity index (χ2n) is 6.72. The molecule has 0 aromatic carbocycles. The van der Waals surface area contributed by atoms with E-state index < -0.39 is 0 Å². The summed E-state index contributed by atoms with van der Waals surface area (Å²) in [6, 6.07) is 5.84. The molecule has 2 aromatic heterocycles. The molecule has 0 spiro atoms. The lowest BCUT2D eigenvalue weighted by atomic mass is 9.93. The van der Waals surface area contributed by atoms with Gasteiger partial charge in [0.15, 0.2) is 0 Å². The van der Waals surface area contributed by atoms with Crippen LogP contribution in [0.3, 0.4) is 0 Å². The number of pyridine rings is 1. The van der Waals surface area contributed by atoms with Crippen LogP contribution < -0.4 is 4.90 Å². The highest BCUT2D eigenvalue weighted by Crippen LogP contribution is 2.32. The topological polar surface area (TPSA) is 88.5 Å². The van der Waals surface area contributed by atoms with Gasteiger partial charge in [-0.15, -0.1) is 10.2 Å². The van der Waals surface area contributed by atoms with Gasteiger partial charge in [-0.3, -0.25) is 19.5 Å². The molecule has 0 aliphatic carbocycles. The Balaban J connectivity index is 1.34. The Morgan fingerprint density at radius 3 is 2.89 bits per heavy atom. The molecule has 1 unspecified atom stereocenters. The van der Waals surface area contributed by atoms with Crippen LogP contribution in [0.1, 0.15) is 30.0 Å². The molecule has 0 saturated carbocycles. The highest BCUT2D eigenvalue weighted by molar-refractivity contribution is 7.15. The van der Waals surface area contributed by atoms with Gasteiger partial charge in [-0.2, -0.15) is 0 Å². The van der Waals surface area contributed by atoms with Crippen LogP contribution in [0.25, 0.3) is 0 Å². The zero-order valence-electron chi connectivity index (χ0n) is 15.1. The van der Waals surface area contributed by atoms with Gasteiger partial charge in [0.2, 0.25) is 16.9 Å². The van der Waals surface area contributed by atoms with Crippen molar-refractivity contribution in [2.24, 2.45) is 5.92 Å². The normalized spacial score (nSPS) is 20.2. The molecule has 27 heavy (non-hydrogen) atoms. The highest BCUT2D eigenvalue weighted by atomic mass is 32.1. The number of ether oxygens (including phenoxy) is 1. The summed E-state index contributed by atoms with van der Waals surface area (Å²) in [7, 11) is 0. The molecule has 0 bridgehead atoms. The minimum Gasteiger partial charge on any atom is -0.374 e. The number of carbonyl (C=O) groups excluding carboxylic acids is 2. The molecule has 2 amide bonds. The Hall–Kier alpha value is -2.39. The molecule has 142 valence electrons. The van der Waals surface area contributed by atoms with E-state index in [1.807, 2.05) is 30.0 Å². The zero-order valence-corrected chi connectivity index (χ0v) is 15.9. The van der Waals surface area contributed by atoms with E-state index >= 15 is 0 Å². The molecule has 4 heterocycles. The van der Waals surface area contributed by atoms with Gasteiger partial charge >= 0.3 is 0 Å². The number of carbonyl (C=O) groups is 2. The van der Waals surface area contributed by atoms with E-state index in [0.29, 0.717) is 38.0 Å². The molecule has 2 aromatic rings. The first-order chi connectivity index (χ1) is 13.2. The van der Waals surface area contributed by atoms with E-state index in [2.05, 4.69) is 15.2 Å². The van der Waals surface area contributed by atoms with Gasteiger partial charge in [0, 0.05) is 50.5 Å². The van der Waals surface area contributed by atoms with Crippen LogP contribution in [0.5, 0.6) is 0 Å². The smallest absolute Gasteiger partial charge is 0.229 e. The van der Waals surface area contributed by atoms with Crippen molar-refractivity contribution in [2.45, 2.75) is 25.9 Å².